The van der Waals surface area contributed by atoms with Crippen LogP contribution in [0.3, 0.4) is 0 Å². The van der Waals surface area contributed by atoms with E-state index < -0.39 is 0 Å². The topological polar surface area (TPSA) is 55.6 Å². The van der Waals surface area contributed by atoms with Gasteiger partial charge >= 0.3 is 0 Å². The molecule has 17 heavy (non-hydrogen) atoms. The molecular weight excluding hydrogens is 214 g/mol. The maximum atomic E-state index is 4.34. The minimum atomic E-state index is 0.760. The van der Waals surface area contributed by atoms with E-state index in [-0.39, 0.29) is 0 Å². The SMILES string of the molecule is CCNCc1cnn(-c2ccc(C)nn2)c1C. The third-order valence-corrected chi connectivity index (χ3v) is 2.68. The molecule has 0 saturated carbocycles. The van der Waals surface area contributed by atoms with E-state index in [1.54, 1.807) is 0 Å². The average Bonchev–Trinajstić information content (AvgIpc) is 2.69. The largest absolute Gasteiger partial charge is 0.313 e. The second-order valence-corrected chi connectivity index (χ2v) is 3.98. The Labute approximate surface area is 101 Å². The molecular formula is C12H17N5. The number of aromatic nitrogens is 4. The second kappa shape index (κ2) is 5.05. The van der Waals surface area contributed by atoms with Crippen molar-refractivity contribution in [3.63, 3.8) is 0 Å². The van der Waals surface area contributed by atoms with E-state index in [0.717, 1.165) is 30.3 Å². The molecule has 0 atom stereocenters. The summed E-state index contributed by atoms with van der Waals surface area (Å²) >= 11 is 0. The van der Waals surface area contributed by atoms with Crippen LogP contribution in [0.4, 0.5) is 0 Å². The Hall–Kier alpha value is -1.75. The van der Waals surface area contributed by atoms with E-state index in [4.69, 9.17) is 0 Å². The molecule has 1 N–H and O–H groups in total. The number of nitrogens with one attached hydrogen (secondary N) is 1. The van der Waals surface area contributed by atoms with Crippen molar-refractivity contribution >= 4 is 0 Å². The molecule has 0 spiro atoms. The fraction of sp³-hybridized carbons (Fsp3) is 0.417. The zero-order chi connectivity index (χ0) is 12.3. The monoisotopic (exact) mass is 231 g/mol. The summed E-state index contributed by atoms with van der Waals surface area (Å²) in [6.07, 6.45) is 1.87. The van der Waals surface area contributed by atoms with Crippen molar-refractivity contribution in [2.75, 3.05) is 6.54 Å². The average molecular weight is 231 g/mol. The first-order valence-electron chi connectivity index (χ1n) is 5.77. The van der Waals surface area contributed by atoms with Gasteiger partial charge in [-0.2, -0.15) is 10.2 Å². The van der Waals surface area contributed by atoms with Crippen LogP contribution >= 0.6 is 0 Å². The molecule has 0 aliphatic rings. The van der Waals surface area contributed by atoms with Gasteiger partial charge in [0.1, 0.15) is 0 Å². The van der Waals surface area contributed by atoms with Crippen molar-refractivity contribution in [3.8, 4) is 5.82 Å². The number of aryl methyl sites for hydroxylation is 1. The van der Waals surface area contributed by atoms with Crippen LogP contribution < -0.4 is 5.32 Å². The summed E-state index contributed by atoms with van der Waals surface area (Å²) in [5.41, 5.74) is 3.20. The van der Waals surface area contributed by atoms with E-state index in [1.165, 1.54) is 5.56 Å². The molecule has 2 aromatic heterocycles. The highest BCUT2D eigenvalue weighted by Gasteiger charge is 2.08. The fourth-order valence-corrected chi connectivity index (χ4v) is 1.61. The van der Waals surface area contributed by atoms with Gasteiger partial charge in [0.05, 0.1) is 11.9 Å². The lowest BCUT2D eigenvalue weighted by Gasteiger charge is -2.04. The van der Waals surface area contributed by atoms with Crippen LogP contribution in [-0.4, -0.2) is 26.5 Å². The van der Waals surface area contributed by atoms with Crippen LogP contribution in [0, 0.1) is 13.8 Å². The van der Waals surface area contributed by atoms with Crippen LogP contribution in [0.25, 0.3) is 5.82 Å². The van der Waals surface area contributed by atoms with Gasteiger partial charge in [-0.3, -0.25) is 0 Å². The first-order chi connectivity index (χ1) is 8.22. The normalized spacial score (nSPS) is 10.8. The van der Waals surface area contributed by atoms with Crippen molar-refractivity contribution in [1.82, 2.24) is 25.3 Å². The summed E-state index contributed by atoms with van der Waals surface area (Å²) in [6.45, 7) is 7.84. The Kier molecular flexibility index (Phi) is 3.49. The van der Waals surface area contributed by atoms with Crippen LogP contribution in [-0.2, 0) is 6.54 Å². The molecule has 0 aliphatic heterocycles. The Morgan fingerprint density at radius 3 is 2.71 bits per heavy atom. The molecule has 5 nitrogen and oxygen atoms in total. The molecule has 0 aliphatic carbocycles. The molecule has 2 rings (SSSR count). The van der Waals surface area contributed by atoms with E-state index in [1.807, 2.05) is 36.9 Å². The highest BCUT2D eigenvalue weighted by Crippen LogP contribution is 2.11. The van der Waals surface area contributed by atoms with Crippen molar-refractivity contribution in [1.29, 1.82) is 0 Å². The Morgan fingerprint density at radius 1 is 1.24 bits per heavy atom. The predicted molar refractivity (Wildman–Crippen MR) is 66.0 cm³/mol. The Bertz CT molecular complexity index is 486. The molecule has 2 aromatic rings. The third-order valence-electron chi connectivity index (χ3n) is 2.68. The first-order valence-corrected chi connectivity index (χ1v) is 5.77. The van der Waals surface area contributed by atoms with Gasteiger partial charge in [-0.05, 0) is 32.5 Å². The Balaban J connectivity index is 2.27. The standard InChI is InChI=1S/C12H17N5/c1-4-13-7-11-8-14-17(10(11)3)12-6-5-9(2)15-16-12/h5-6,8,13H,4,7H2,1-3H3. The minimum absolute atomic E-state index is 0.760. The summed E-state index contributed by atoms with van der Waals surface area (Å²) < 4.78 is 1.82. The van der Waals surface area contributed by atoms with Crippen molar-refractivity contribution in [3.05, 3.63) is 35.3 Å². The molecule has 90 valence electrons. The van der Waals surface area contributed by atoms with Crippen LogP contribution in [0.2, 0.25) is 0 Å². The van der Waals surface area contributed by atoms with Gasteiger partial charge in [0.2, 0.25) is 0 Å². The summed E-state index contributed by atoms with van der Waals surface area (Å²) in [5, 5.41) is 15.8. The van der Waals surface area contributed by atoms with Gasteiger partial charge in [0.15, 0.2) is 5.82 Å². The summed E-state index contributed by atoms with van der Waals surface area (Å²) in [7, 11) is 0. The molecule has 0 bridgehead atoms. The van der Waals surface area contributed by atoms with Gasteiger partial charge in [0, 0.05) is 17.8 Å². The number of nitrogens with zero attached hydrogens (tertiary/aromatic N) is 4. The van der Waals surface area contributed by atoms with E-state index in [9.17, 15) is 0 Å². The summed E-state index contributed by atoms with van der Waals surface area (Å²) in [6, 6.07) is 3.87. The summed E-state index contributed by atoms with van der Waals surface area (Å²) in [5.74, 6) is 0.760. The predicted octanol–water partition coefficient (Wildman–Crippen LogP) is 1.39. The van der Waals surface area contributed by atoms with Crippen molar-refractivity contribution in [2.24, 2.45) is 0 Å². The highest BCUT2D eigenvalue weighted by atomic mass is 15.3. The maximum absolute atomic E-state index is 4.34. The maximum Gasteiger partial charge on any atom is 0.175 e. The lowest BCUT2D eigenvalue weighted by molar-refractivity contribution is 0.719. The summed E-state index contributed by atoms with van der Waals surface area (Å²) in [4.78, 5) is 0. The lowest BCUT2D eigenvalue weighted by atomic mass is 10.2. The first kappa shape index (κ1) is 11.7. The van der Waals surface area contributed by atoms with Gasteiger partial charge < -0.3 is 5.32 Å². The number of hydrogen-bond acceptors (Lipinski definition) is 4. The lowest BCUT2D eigenvalue weighted by Crippen LogP contribution is -2.12. The van der Waals surface area contributed by atoms with E-state index in [0.29, 0.717) is 0 Å². The van der Waals surface area contributed by atoms with Crippen LogP contribution in [0.5, 0.6) is 0 Å². The van der Waals surface area contributed by atoms with Gasteiger partial charge in [-0.15, -0.1) is 5.10 Å². The zero-order valence-electron chi connectivity index (χ0n) is 10.4. The molecule has 2 heterocycles. The van der Waals surface area contributed by atoms with Crippen molar-refractivity contribution in [2.45, 2.75) is 27.3 Å². The molecule has 0 radical (unpaired) electrons. The molecule has 0 unspecified atom stereocenters. The molecule has 0 saturated heterocycles. The van der Waals surface area contributed by atoms with Gasteiger partial charge in [-0.25, -0.2) is 4.68 Å². The van der Waals surface area contributed by atoms with E-state index >= 15 is 0 Å². The molecule has 5 heteroatoms. The van der Waals surface area contributed by atoms with Crippen LogP contribution in [0.15, 0.2) is 18.3 Å². The smallest absolute Gasteiger partial charge is 0.175 e. The third kappa shape index (κ3) is 2.50. The zero-order valence-corrected chi connectivity index (χ0v) is 10.4. The van der Waals surface area contributed by atoms with E-state index in [2.05, 4.69) is 27.5 Å². The molecule has 0 amide bonds. The number of rotatable bonds is 4. The van der Waals surface area contributed by atoms with Crippen LogP contribution in [0.1, 0.15) is 23.9 Å². The van der Waals surface area contributed by atoms with Gasteiger partial charge in [0.25, 0.3) is 0 Å². The molecule has 0 aromatic carbocycles. The quantitative estimate of drug-likeness (QED) is 0.864. The highest BCUT2D eigenvalue weighted by molar-refractivity contribution is 5.27. The van der Waals surface area contributed by atoms with Crippen molar-refractivity contribution < 1.29 is 0 Å². The number of hydrogen-bond donors (Lipinski definition) is 1. The second-order valence-electron chi connectivity index (χ2n) is 3.98. The molecule has 0 fully saturated rings. The minimum Gasteiger partial charge on any atom is -0.313 e. The fourth-order valence-electron chi connectivity index (χ4n) is 1.61. The Morgan fingerprint density at radius 2 is 2.06 bits per heavy atom. The van der Waals surface area contributed by atoms with Gasteiger partial charge in [-0.1, -0.05) is 6.92 Å².